The van der Waals surface area contributed by atoms with Gasteiger partial charge in [-0.2, -0.15) is 0 Å². The molecule has 1 N–H and O–H groups in total. The van der Waals surface area contributed by atoms with E-state index in [-0.39, 0.29) is 6.10 Å². The first-order valence-electron chi connectivity index (χ1n) is 5.07. The summed E-state index contributed by atoms with van der Waals surface area (Å²) in [7, 11) is 0. The highest BCUT2D eigenvalue weighted by Gasteiger charge is 2.03. The Bertz CT molecular complexity index is 451. The van der Waals surface area contributed by atoms with Gasteiger partial charge in [0.15, 0.2) is 0 Å². The fourth-order valence-electron chi connectivity index (χ4n) is 1.73. The van der Waals surface area contributed by atoms with Crippen molar-refractivity contribution in [3.8, 4) is 0 Å². The van der Waals surface area contributed by atoms with Gasteiger partial charge < -0.3 is 0 Å². The molecule has 2 rings (SSSR count). The molecule has 0 fully saturated rings. The average molecular weight is 202 g/mol. The topological polar surface area (TPSA) is 29.5 Å². The van der Waals surface area contributed by atoms with Crippen LogP contribution < -0.4 is 0 Å². The van der Waals surface area contributed by atoms with E-state index in [0.717, 1.165) is 6.42 Å². The van der Waals surface area contributed by atoms with Gasteiger partial charge in [0, 0.05) is 6.42 Å². The van der Waals surface area contributed by atoms with Crippen molar-refractivity contribution in [3.63, 3.8) is 0 Å². The molecule has 0 spiro atoms. The molecular weight excluding hydrogens is 188 g/mol. The Balaban J connectivity index is 2.30. The Hall–Kier alpha value is -1.38. The molecule has 2 aromatic carbocycles. The Morgan fingerprint density at radius 2 is 1.87 bits per heavy atom. The van der Waals surface area contributed by atoms with Crippen molar-refractivity contribution in [2.24, 2.45) is 0 Å². The quantitative estimate of drug-likeness (QED) is 0.611. The smallest absolute Gasteiger partial charge is 0.0939 e. The standard InChI is InChI=1S/C13H14O2/c1-10(15-14)8-11-6-7-12-4-2-3-5-13(12)9-11/h2-7,9-10,14H,8H2,1H3. The van der Waals surface area contributed by atoms with Crippen LogP contribution in [-0.2, 0) is 11.3 Å². The van der Waals surface area contributed by atoms with Gasteiger partial charge in [0.1, 0.15) is 0 Å². The Kier molecular flexibility index (Phi) is 2.99. The zero-order valence-electron chi connectivity index (χ0n) is 8.68. The first-order valence-corrected chi connectivity index (χ1v) is 5.07. The highest BCUT2D eigenvalue weighted by atomic mass is 17.1. The minimum absolute atomic E-state index is 0.161. The number of hydrogen-bond acceptors (Lipinski definition) is 2. The molecular formula is C13H14O2. The van der Waals surface area contributed by atoms with Crippen LogP contribution in [-0.4, -0.2) is 11.4 Å². The summed E-state index contributed by atoms with van der Waals surface area (Å²) in [6, 6.07) is 14.5. The normalized spacial score (nSPS) is 12.9. The maximum atomic E-state index is 8.51. The number of benzene rings is 2. The number of fused-ring (bicyclic) bond motifs is 1. The second-order valence-electron chi connectivity index (χ2n) is 3.80. The lowest BCUT2D eigenvalue weighted by Gasteiger charge is -2.08. The average Bonchev–Trinajstić information content (AvgIpc) is 2.29. The lowest BCUT2D eigenvalue weighted by atomic mass is 10.0. The first-order chi connectivity index (χ1) is 7.29. The predicted octanol–water partition coefficient (Wildman–Crippen LogP) is 3.26. The van der Waals surface area contributed by atoms with E-state index in [0.29, 0.717) is 0 Å². The fraction of sp³-hybridized carbons (Fsp3) is 0.231. The van der Waals surface area contributed by atoms with Crippen molar-refractivity contribution in [2.45, 2.75) is 19.4 Å². The van der Waals surface area contributed by atoms with Gasteiger partial charge in [-0.1, -0.05) is 42.5 Å². The summed E-state index contributed by atoms with van der Waals surface area (Å²) < 4.78 is 0. The Labute approximate surface area is 89.0 Å². The van der Waals surface area contributed by atoms with E-state index in [9.17, 15) is 0 Å². The second-order valence-corrected chi connectivity index (χ2v) is 3.80. The molecule has 0 aromatic heterocycles. The van der Waals surface area contributed by atoms with Gasteiger partial charge in [-0.3, -0.25) is 5.26 Å². The van der Waals surface area contributed by atoms with E-state index in [1.807, 2.05) is 19.1 Å². The SMILES string of the molecule is CC(Cc1ccc2ccccc2c1)OO. The van der Waals surface area contributed by atoms with Gasteiger partial charge in [-0.05, 0) is 23.3 Å². The van der Waals surface area contributed by atoms with Crippen molar-refractivity contribution >= 4 is 10.8 Å². The van der Waals surface area contributed by atoms with Crippen LogP contribution >= 0.6 is 0 Å². The second kappa shape index (κ2) is 4.43. The molecule has 0 aliphatic rings. The van der Waals surface area contributed by atoms with Crippen molar-refractivity contribution < 1.29 is 10.1 Å². The molecule has 0 aliphatic carbocycles. The minimum atomic E-state index is -0.161. The van der Waals surface area contributed by atoms with Crippen LogP contribution in [0.15, 0.2) is 42.5 Å². The molecule has 15 heavy (non-hydrogen) atoms. The zero-order chi connectivity index (χ0) is 10.7. The predicted molar refractivity (Wildman–Crippen MR) is 60.8 cm³/mol. The van der Waals surface area contributed by atoms with Gasteiger partial charge in [0.25, 0.3) is 0 Å². The van der Waals surface area contributed by atoms with Gasteiger partial charge in [-0.15, -0.1) is 0 Å². The van der Waals surface area contributed by atoms with Crippen LogP contribution in [0.1, 0.15) is 12.5 Å². The van der Waals surface area contributed by atoms with E-state index in [1.165, 1.54) is 16.3 Å². The fourth-order valence-corrected chi connectivity index (χ4v) is 1.73. The summed E-state index contributed by atoms with van der Waals surface area (Å²) in [5.74, 6) is 0. The molecule has 1 unspecified atom stereocenters. The summed E-state index contributed by atoms with van der Waals surface area (Å²) in [6.45, 7) is 1.84. The molecule has 1 atom stereocenters. The zero-order valence-corrected chi connectivity index (χ0v) is 8.68. The van der Waals surface area contributed by atoms with Gasteiger partial charge in [-0.25, -0.2) is 4.89 Å². The van der Waals surface area contributed by atoms with Crippen LogP contribution in [0.3, 0.4) is 0 Å². The van der Waals surface area contributed by atoms with Crippen molar-refractivity contribution in [2.75, 3.05) is 0 Å². The third kappa shape index (κ3) is 2.35. The largest absolute Gasteiger partial charge is 0.252 e. The van der Waals surface area contributed by atoms with E-state index < -0.39 is 0 Å². The third-order valence-electron chi connectivity index (χ3n) is 2.52. The van der Waals surface area contributed by atoms with E-state index in [4.69, 9.17) is 5.26 Å². The van der Waals surface area contributed by atoms with Crippen LogP contribution in [0.25, 0.3) is 10.8 Å². The molecule has 0 radical (unpaired) electrons. The molecule has 0 aliphatic heterocycles. The maximum absolute atomic E-state index is 8.51. The number of hydrogen-bond donors (Lipinski definition) is 1. The maximum Gasteiger partial charge on any atom is 0.0939 e. The molecule has 2 nitrogen and oxygen atoms in total. The van der Waals surface area contributed by atoms with Crippen LogP contribution in [0.4, 0.5) is 0 Å². The van der Waals surface area contributed by atoms with Crippen molar-refractivity contribution in [1.82, 2.24) is 0 Å². The lowest BCUT2D eigenvalue weighted by Crippen LogP contribution is -2.08. The summed E-state index contributed by atoms with van der Waals surface area (Å²) in [6.07, 6.45) is 0.563. The molecule has 2 aromatic rings. The molecule has 78 valence electrons. The summed E-state index contributed by atoms with van der Waals surface area (Å²) in [5, 5.41) is 11.0. The molecule has 0 heterocycles. The van der Waals surface area contributed by atoms with E-state index >= 15 is 0 Å². The molecule has 0 bridgehead atoms. The van der Waals surface area contributed by atoms with E-state index in [1.54, 1.807) is 0 Å². The summed E-state index contributed by atoms with van der Waals surface area (Å²) in [5.41, 5.74) is 1.18. The van der Waals surface area contributed by atoms with Crippen LogP contribution in [0.2, 0.25) is 0 Å². The molecule has 2 heteroatoms. The monoisotopic (exact) mass is 202 g/mol. The molecule has 0 saturated carbocycles. The van der Waals surface area contributed by atoms with Gasteiger partial charge in [0.2, 0.25) is 0 Å². The molecule has 0 saturated heterocycles. The van der Waals surface area contributed by atoms with E-state index in [2.05, 4.69) is 35.2 Å². The van der Waals surface area contributed by atoms with Crippen molar-refractivity contribution in [3.05, 3.63) is 48.0 Å². The highest BCUT2D eigenvalue weighted by Crippen LogP contribution is 2.16. The van der Waals surface area contributed by atoms with Crippen molar-refractivity contribution in [1.29, 1.82) is 0 Å². The lowest BCUT2D eigenvalue weighted by molar-refractivity contribution is -0.273. The molecule has 0 amide bonds. The van der Waals surface area contributed by atoms with Crippen LogP contribution in [0.5, 0.6) is 0 Å². The van der Waals surface area contributed by atoms with Gasteiger partial charge in [0.05, 0.1) is 6.10 Å². The Morgan fingerprint density at radius 1 is 1.13 bits per heavy atom. The Morgan fingerprint density at radius 3 is 2.60 bits per heavy atom. The number of rotatable bonds is 3. The minimum Gasteiger partial charge on any atom is -0.252 e. The highest BCUT2D eigenvalue weighted by molar-refractivity contribution is 5.82. The third-order valence-corrected chi connectivity index (χ3v) is 2.52. The first kappa shape index (κ1) is 10.1. The summed E-state index contributed by atoms with van der Waals surface area (Å²) in [4.78, 5) is 4.27. The van der Waals surface area contributed by atoms with Crippen LogP contribution in [0, 0.1) is 0 Å². The summed E-state index contributed by atoms with van der Waals surface area (Å²) >= 11 is 0. The van der Waals surface area contributed by atoms with Gasteiger partial charge >= 0.3 is 0 Å².